The van der Waals surface area contributed by atoms with Crippen LogP contribution in [0.25, 0.3) is 11.0 Å². The Morgan fingerprint density at radius 1 is 1.27 bits per heavy atom. The fraction of sp³-hybridized carbons (Fsp3) is 0.214. The summed E-state index contributed by atoms with van der Waals surface area (Å²) in [6.07, 6.45) is 3.12. The van der Waals surface area contributed by atoms with E-state index in [1.165, 1.54) is 6.33 Å². The molecule has 0 bridgehead atoms. The Labute approximate surface area is 130 Å². The van der Waals surface area contributed by atoms with Gasteiger partial charge in [0.05, 0.1) is 19.9 Å². The predicted molar refractivity (Wildman–Crippen MR) is 78.6 cm³/mol. The van der Waals surface area contributed by atoms with E-state index in [4.69, 9.17) is 25.8 Å². The number of rotatable bonds is 3. The monoisotopic (exact) mass is 318 g/mol. The highest BCUT2D eigenvalue weighted by atomic mass is 35.5. The van der Waals surface area contributed by atoms with Crippen LogP contribution in [0, 0.1) is 0 Å². The second kappa shape index (κ2) is 5.03. The number of aromatic nitrogens is 4. The number of methoxy groups -OCH3 is 1. The largest absolute Gasteiger partial charge is 0.480 e. The van der Waals surface area contributed by atoms with Crippen LogP contribution in [0.2, 0.25) is 5.02 Å². The maximum absolute atomic E-state index is 6.30. The van der Waals surface area contributed by atoms with Crippen LogP contribution in [0.3, 0.4) is 0 Å². The molecule has 1 aliphatic heterocycles. The lowest BCUT2D eigenvalue weighted by Gasteiger charge is -2.07. The van der Waals surface area contributed by atoms with Crippen LogP contribution in [0.15, 0.2) is 24.7 Å². The highest BCUT2D eigenvalue weighted by molar-refractivity contribution is 6.31. The van der Waals surface area contributed by atoms with Crippen molar-refractivity contribution in [3.8, 4) is 17.4 Å². The highest BCUT2D eigenvalue weighted by Gasteiger charge is 2.18. The SMILES string of the molecule is COc1ncnc2c1cnn2Cc1cc2c(cc1Cl)OCO2. The molecule has 0 N–H and O–H groups in total. The summed E-state index contributed by atoms with van der Waals surface area (Å²) in [7, 11) is 1.56. The number of ether oxygens (including phenoxy) is 3. The van der Waals surface area contributed by atoms with Gasteiger partial charge in [-0.1, -0.05) is 11.6 Å². The normalized spacial score (nSPS) is 12.8. The maximum Gasteiger partial charge on any atom is 0.231 e. The maximum atomic E-state index is 6.30. The van der Waals surface area contributed by atoms with Crippen molar-refractivity contribution < 1.29 is 14.2 Å². The first kappa shape index (κ1) is 13.1. The van der Waals surface area contributed by atoms with Gasteiger partial charge >= 0.3 is 0 Å². The Morgan fingerprint density at radius 3 is 2.91 bits per heavy atom. The van der Waals surface area contributed by atoms with Gasteiger partial charge in [-0.25, -0.2) is 14.6 Å². The van der Waals surface area contributed by atoms with Crippen molar-refractivity contribution in [2.24, 2.45) is 0 Å². The van der Waals surface area contributed by atoms with Gasteiger partial charge < -0.3 is 14.2 Å². The lowest BCUT2D eigenvalue weighted by molar-refractivity contribution is 0.174. The first-order chi connectivity index (χ1) is 10.8. The summed E-state index contributed by atoms with van der Waals surface area (Å²) < 4.78 is 17.6. The van der Waals surface area contributed by atoms with Crippen molar-refractivity contribution in [2.75, 3.05) is 13.9 Å². The van der Waals surface area contributed by atoms with Crippen molar-refractivity contribution in [3.63, 3.8) is 0 Å². The van der Waals surface area contributed by atoms with Crippen molar-refractivity contribution in [1.29, 1.82) is 0 Å². The Hall–Kier alpha value is -2.54. The van der Waals surface area contributed by atoms with Gasteiger partial charge in [0.25, 0.3) is 0 Å². The molecule has 0 radical (unpaired) electrons. The molecule has 22 heavy (non-hydrogen) atoms. The molecule has 0 saturated heterocycles. The molecule has 0 amide bonds. The summed E-state index contributed by atoms with van der Waals surface area (Å²) >= 11 is 6.30. The summed E-state index contributed by atoms with van der Waals surface area (Å²) in [6, 6.07) is 3.61. The number of halogens is 1. The standard InChI is InChI=1S/C14H11ClN4O3/c1-20-14-9-4-18-19(13(9)16-6-17-14)5-8-2-11-12(3-10(8)15)22-7-21-11/h2-4,6H,5,7H2,1H3. The molecule has 1 aliphatic rings. The van der Waals surface area contributed by atoms with E-state index in [1.54, 1.807) is 24.1 Å². The molecule has 3 heterocycles. The third-order valence-corrected chi connectivity index (χ3v) is 3.80. The Kier molecular flexibility index (Phi) is 3.00. The van der Waals surface area contributed by atoms with Crippen LogP contribution in [0.5, 0.6) is 17.4 Å². The zero-order valence-electron chi connectivity index (χ0n) is 11.6. The van der Waals surface area contributed by atoms with Gasteiger partial charge in [0, 0.05) is 11.1 Å². The number of hydrogen-bond acceptors (Lipinski definition) is 6. The van der Waals surface area contributed by atoms with Crippen LogP contribution >= 0.6 is 11.6 Å². The zero-order valence-corrected chi connectivity index (χ0v) is 12.4. The minimum atomic E-state index is 0.213. The first-order valence-electron chi connectivity index (χ1n) is 6.55. The fourth-order valence-electron chi connectivity index (χ4n) is 2.39. The Morgan fingerprint density at radius 2 is 2.09 bits per heavy atom. The second-order valence-electron chi connectivity index (χ2n) is 4.72. The molecule has 112 valence electrons. The molecule has 8 heteroatoms. The molecule has 0 saturated carbocycles. The van der Waals surface area contributed by atoms with Crippen LogP contribution < -0.4 is 14.2 Å². The minimum absolute atomic E-state index is 0.213. The molecule has 7 nitrogen and oxygen atoms in total. The van der Waals surface area contributed by atoms with Gasteiger partial charge in [-0.15, -0.1) is 0 Å². The molecule has 0 fully saturated rings. The number of hydrogen-bond donors (Lipinski definition) is 0. The molecule has 0 aliphatic carbocycles. The molecule has 4 rings (SSSR count). The van der Waals surface area contributed by atoms with Crippen molar-refractivity contribution in [1.82, 2.24) is 19.7 Å². The predicted octanol–water partition coefficient (Wildman–Crippen LogP) is 2.27. The van der Waals surface area contributed by atoms with Gasteiger partial charge in [-0.05, 0) is 11.6 Å². The lowest BCUT2D eigenvalue weighted by atomic mass is 10.2. The number of fused-ring (bicyclic) bond motifs is 2. The van der Waals surface area contributed by atoms with Gasteiger partial charge in [-0.3, -0.25) is 0 Å². The molecular weight excluding hydrogens is 308 g/mol. The first-order valence-corrected chi connectivity index (χ1v) is 6.92. The highest BCUT2D eigenvalue weighted by Crippen LogP contribution is 2.37. The van der Waals surface area contributed by atoms with Gasteiger partial charge in [0.15, 0.2) is 17.1 Å². The van der Waals surface area contributed by atoms with Crippen LogP contribution in [-0.4, -0.2) is 33.7 Å². The average molecular weight is 319 g/mol. The van der Waals surface area contributed by atoms with E-state index in [0.29, 0.717) is 34.6 Å². The molecule has 0 atom stereocenters. The van der Waals surface area contributed by atoms with E-state index in [0.717, 1.165) is 10.9 Å². The summed E-state index contributed by atoms with van der Waals surface area (Å²) in [6.45, 7) is 0.670. The summed E-state index contributed by atoms with van der Waals surface area (Å²) in [5, 5.41) is 5.68. The van der Waals surface area contributed by atoms with E-state index in [9.17, 15) is 0 Å². The van der Waals surface area contributed by atoms with Crippen LogP contribution in [-0.2, 0) is 6.54 Å². The quantitative estimate of drug-likeness (QED) is 0.737. The summed E-state index contributed by atoms with van der Waals surface area (Å²) in [5.41, 5.74) is 1.55. The third kappa shape index (κ3) is 2.01. The Balaban J connectivity index is 1.75. The lowest BCUT2D eigenvalue weighted by Crippen LogP contribution is -2.03. The van der Waals surface area contributed by atoms with Crippen molar-refractivity contribution in [3.05, 3.63) is 35.2 Å². The van der Waals surface area contributed by atoms with E-state index in [-0.39, 0.29) is 6.79 Å². The second-order valence-corrected chi connectivity index (χ2v) is 5.13. The zero-order chi connectivity index (χ0) is 15.1. The summed E-state index contributed by atoms with van der Waals surface area (Å²) in [4.78, 5) is 8.32. The van der Waals surface area contributed by atoms with E-state index in [1.807, 2.05) is 6.07 Å². The van der Waals surface area contributed by atoms with Gasteiger partial charge in [0.2, 0.25) is 12.7 Å². The minimum Gasteiger partial charge on any atom is -0.480 e. The smallest absolute Gasteiger partial charge is 0.231 e. The topological polar surface area (TPSA) is 71.3 Å². The molecule has 2 aromatic heterocycles. The number of benzene rings is 1. The van der Waals surface area contributed by atoms with Crippen LogP contribution in [0.1, 0.15) is 5.56 Å². The molecular formula is C14H11ClN4O3. The van der Waals surface area contributed by atoms with Crippen LogP contribution in [0.4, 0.5) is 0 Å². The molecule has 1 aromatic carbocycles. The number of nitrogens with zero attached hydrogens (tertiary/aromatic N) is 4. The molecule has 0 unspecified atom stereocenters. The van der Waals surface area contributed by atoms with E-state index < -0.39 is 0 Å². The van der Waals surface area contributed by atoms with Crippen molar-refractivity contribution in [2.45, 2.75) is 6.54 Å². The Bertz CT molecular complexity index is 865. The summed E-state index contributed by atoms with van der Waals surface area (Å²) in [5.74, 6) is 1.83. The fourth-order valence-corrected chi connectivity index (χ4v) is 2.61. The van der Waals surface area contributed by atoms with E-state index in [2.05, 4.69) is 15.1 Å². The van der Waals surface area contributed by atoms with E-state index >= 15 is 0 Å². The van der Waals surface area contributed by atoms with Gasteiger partial charge in [-0.2, -0.15) is 5.10 Å². The third-order valence-electron chi connectivity index (χ3n) is 3.45. The molecule has 3 aromatic rings. The van der Waals surface area contributed by atoms with Crippen molar-refractivity contribution >= 4 is 22.6 Å². The average Bonchev–Trinajstić information content (AvgIpc) is 3.14. The van der Waals surface area contributed by atoms with Gasteiger partial charge in [0.1, 0.15) is 11.7 Å². The molecule has 0 spiro atoms.